The van der Waals surface area contributed by atoms with Gasteiger partial charge in [-0.1, -0.05) is 12.1 Å². The molecule has 2 saturated heterocycles. The molecule has 0 N–H and O–H groups in total. The smallest absolute Gasteiger partial charge is 0.136 e. The van der Waals surface area contributed by atoms with E-state index in [1.165, 1.54) is 17.7 Å². The molecule has 0 radical (unpaired) electrons. The number of likely N-dealkylation sites (N-methyl/N-ethyl adjacent to an activating group) is 2. The number of aromatic nitrogens is 1. The maximum absolute atomic E-state index is 5.21. The zero-order valence-corrected chi connectivity index (χ0v) is 19.8. The van der Waals surface area contributed by atoms with Crippen molar-refractivity contribution in [1.29, 1.82) is 0 Å². The molecule has 32 heavy (non-hydrogen) atoms. The second kappa shape index (κ2) is 8.71. The average Bonchev–Trinajstić information content (AvgIpc) is 3.30. The largest absolute Gasteiger partial charge is 0.369 e. The summed E-state index contributed by atoms with van der Waals surface area (Å²) in [6.07, 6.45) is 3.10. The van der Waals surface area contributed by atoms with Crippen molar-refractivity contribution in [3.05, 3.63) is 35.9 Å². The molecule has 0 spiro atoms. The van der Waals surface area contributed by atoms with E-state index in [9.17, 15) is 0 Å². The highest BCUT2D eigenvalue weighted by molar-refractivity contribution is 5.77. The van der Waals surface area contributed by atoms with Gasteiger partial charge in [0.15, 0.2) is 0 Å². The number of hydrogen-bond acceptors (Lipinski definition) is 7. The molecule has 0 bridgehead atoms. The number of nitrogens with zero attached hydrogens (tertiary/aromatic N) is 7. The first-order chi connectivity index (χ1) is 15.5. The first-order valence-electron chi connectivity index (χ1n) is 11.7. The van der Waals surface area contributed by atoms with E-state index < -0.39 is 0 Å². The number of rotatable bonds is 4. The Morgan fingerprint density at radius 1 is 0.938 bits per heavy atom. The number of anilines is 2. The van der Waals surface area contributed by atoms with Crippen molar-refractivity contribution >= 4 is 23.5 Å². The van der Waals surface area contributed by atoms with E-state index in [4.69, 9.17) is 9.98 Å². The lowest BCUT2D eigenvalue weighted by Crippen LogP contribution is -2.44. The Balaban J connectivity index is 1.45. The van der Waals surface area contributed by atoms with Gasteiger partial charge < -0.3 is 24.5 Å². The topological polar surface area (TPSA) is 41.5 Å². The molecule has 1 aromatic carbocycles. The summed E-state index contributed by atoms with van der Waals surface area (Å²) < 4.78 is 0. The molecule has 7 heteroatoms. The number of pyridine rings is 1. The van der Waals surface area contributed by atoms with Gasteiger partial charge in [0.05, 0.1) is 17.7 Å². The van der Waals surface area contributed by atoms with Crippen LogP contribution in [0, 0.1) is 0 Å². The summed E-state index contributed by atoms with van der Waals surface area (Å²) in [6.45, 7) is 7.32. The van der Waals surface area contributed by atoms with Crippen molar-refractivity contribution in [1.82, 2.24) is 19.7 Å². The van der Waals surface area contributed by atoms with Crippen molar-refractivity contribution in [3.63, 3.8) is 0 Å². The standard InChI is InChI=1S/C25H35N7/c1-28(2)21-9-10-32(16-21)25-22-17-30(4)18-26-24(22)15-23(27-25)19-5-7-20(8-6-19)31-13-11-29(3)12-14-31/h5-8,15,18,21H,9-14,16-17H2,1-4H3. The summed E-state index contributed by atoms with van der Waals surface area (Å²) in [7, 11) is 8.62. The lowest BCUT2D eigenvalue weighted by molar-refractivity contribution is 0.313. The molecule has 5 rings (SSSR count). The number of fused-ring (bicyclic) bond motifs is 1. The lowest BCUT2D eigenvalue weighted by Gasteiger charge is -2.34. The second-order valence-electron chi connectivity index (χ2n) is 9.68. The fourth-order valence-electron chi connectivity index (χ4n) is 4.94. The molecule has 0 saturated carbocycles. The summed E-state index contributed by atoms with van der Waals surface area (Å²) in [5.41, 5.74) is 5.77. The first-order valence-corrected chi connectivity index (χ1v) is 11.7. The first kappa shape index (κ1) is 21.2. The van der Waals surface area contributed by atoms with Gasteiger partial charge in [-0.15, -0.1) is 0 Å². The van der Waals surface area contributed by atoms with Crippen LogP contribution in [0.1, 0.15) is 12.0 Å². The fourth-order valence-corrected chi connectivity index (χ4v) is 4.94. The SMILES string of the molecule is CN1C=Nc2cc(-c3ccc(N4CCN(C)CC4)cc3)nc(N3CCC(N(C)C)C3)c2C1. The van der Waals surface area contributed by atoms with Gasteiger partial charge in [-0.05, 0) is 45.8 Å². The maximum atomic E-state index is 5.21. The molecule has 170 valence electrons. The van der Waals surface area contributed by atoms with E-state index in [1.807, 2.05) is 6.34 Å². The molecule has 3 aliphatic heterocycles. The predicted molar refractivity (Wildman–Crippen MR) is 133 cm³/mol. The van der Waals surface area contributed by atoms with Crippen LogP contribution in [0.4, 0.5) is 17.2 Å². The normalized spacial score (nSPS) is 21.5. The van der Waals surface area contributed by atoms with Gasteiger partial charge in [-0.25, -0.2) is 9.98 Å². The Morgan fingerprint density at radius 3 is 2.38 bits per heavy atom. The molecule has 2 fully saturated rings. The molecule has 7 nitrogen and oxygen atoms in total. The minimum atomic E-state index is 0.573. The summed E-state index contributed by atoms with van der Waals surface area (Å²) in [5, 5.41) is 0. The van der Waals surface area contributed by atoms with E-state index >= 15 is 0 Å². The Morgan fingerprint density at radius 2 is 1.69 bits per heavy atom. The van der Waals surface area contributed by atoms with Gasteiger partial charge >= 0.3 is 0 Å². The maximum Gasteiger partial charge on any atom is 0.136 e. The lowest BCUT2D eigenvalue weighted by atomic mass is 10.1. The van der Waals surface area contributed by atoms with Gasteiger partial charge in [0.25, 0.3) is 0 Å². The van der Waals surface area contributed by atoms with E-state index in [1.54, 1.807) is 0 Å². The van der Waals surface area contributed by atoms with Crippen LogP contribution in [0.25, 0.3) is 11.3 Å². The Bertz CT molecular complexity index is 977. The van der Waals surface area contributed by atoms with Gasteiger partial charge in [0.2, 0.25) is 0 Å². The highest BCUT2D eigenvalue weighted by Gasteiger charge is 2.29. The molecular weight excluding hydrogens is 398 g/mol. The van der Waals surface area contributed by atoms with E-state index in [0.717, 1.165) is 68.6 Å². The van der Waals surface area contributed by atoms with Crippen molar-refractivity contribution < 1.29 is 0 Å². The highest BCUT2D eigenvalue weighted by Crippen LogP contribution is 2.37. The number of aliphatic imine (C=N–C) groups is 1. The molecule has 0 aliphatic carbocycles. The Hall–Kier alpha value is -2.64. The zero-order valence-electron chi connectivity index (χ0n) is 19.8. The average molecular weight is 434 g/mol. The third kappa shape index (κ3) is 4.19. The third-order valence-electron chi connectivity index (χ3n) is 7.11. The van der Waals surface area contributed by atoms with Gasteiger partial charge in [0.1, 0.15) is 5.82 Å². The molecule has 1 aromatic heterocycles. The van der Waals surface area contributed by atoms with Crippen LogP contribution >= 0.6 is 0 Å². The highest BCUT2D eigenvalue weighted by atomic mass is 15.3. The van der Waals surface area contributed by atoms with E-state index in [-0.39, 0.29) is 0 Å². The molecule has 3 aliphatic rings. The number of hydrogen-bond donors (Lipinski definition) is 0. The van der Waals surface area contributed by atoms with Crippen molar-refractivity contribution in [2.75, 3.05) is 77.3 Å². The van der Waals surface area contributed by atoms with E-state index in [2.05, 4.69) is 83.0 Å². The molecular formula is C25H35N7. The predicted octanol–water partition coefficient (Wildman–Crippen LogP) is 2.75. The number of piperazine rings is 1. The minimum Gasteiger partial charge on any atom is -0.369 e. The van der Waals surface area contributed by atoms with Crippen LogP contribution in [0.15, 0.2) is 35.3 Å². The summed E-state index contributed by atoms with van der Waals surface area (Å²) >= 11 is 0. The quantitative estimate of drug-likeness (QED) is 0.739. The number of benzene rings is 1. The zero-order chi connectivity index (χ0) is 22.2. The van der Waals surface area contributed by atoms with Crippen LogP contribution in [0.5, 0.6) is 0 Å². The van der Waals surface area contributed by atoms with Crippen molar-refractivity contribution in [3.8, 4) is 11.3 Å². The van der Waals surface area contributed by atoms with Gasteiger partial charge in [0, 0.05) is 75.7 Å². The van der Waals surface area contributed by atoms with Crippen molar-refractivity contribution in [2.24, 2.45) is 4.99 Å². The van der Waals surface area contributed by atoms with Crippen LogP contribution in [0.2, 0.25) is 0 Å². The van der Waals surface area contributed by atoms with Crippen molar-refractivity contribution in [2.45, 2.75) is 19.0 Å². The van der Waals surface area contributed by atoms with Crippen LogP contribution in [-0.4, -0.2) is 99.5 Å². The van der Waals surface area contributed by atoms with Gasteiger partial charge in [-0.3, -0.25) is 0 Å². The third-order valence-corrected chi connectivity index (χ3v) is 7.11. The summed E-state index contributed by atoms with van der Waals surface area (Å²) in [6, 6.07) is 11.7. The molecule has 2 aromatic rings. The summed E-state index contributed by atoms with van der Waals surface area (Å²) in [5.74, 6) is 1.11. The fraction of sp³-hybridized carbons (Fsp3) is 0.520. The second-order valence-corrected chi connectivity index (χ2v) is 9.68. The molecule has 0 amide bonds. The monoisotopic (exact) mass is 433 g/mol. The molecule has 1 unspecified atom stereocenters. The Labute approximate surface area is 191 Å². The van der Waals surface area contributed by atoms with Crippen LogP contribution in [0.3, 0.4) is 0 Å². The van der Waals surface area contributed by atoms with Crippen LogP contribution in [-0.2, 0) is 6.54 Å². The van der Waals surface area contributed by atoms with Crippen LogP contribution < -0.4 is 9.80 Å². The molecule has 4 heterocycles. The van der Waals surface area contributed by atoms with E-state index in [0.29, 0.717) is 6.04 Å². The minimum absolute atomic E-state index is 0.573. The Kier molecular flexibility index (Phi) is 5.78. The van der Waals surface area contributed by atoms with Gasteiger partial charge in [-0.2, -0.15) is 0 Å². The molecule has 1 atom stereocenters. The summed E-state index contributed by atoms with van der Waals surface area (Å²) in [4.78, 5) is 21.7.